The first-order valence-corrected chi connectivity index (χ1v) is 7.95. The zero-order valence-corrected chi connectivity index (χ0v) is 11.7. The largest absolute Gasteiger partial charge is 0.383 e. The Morgan fingerprint density at radius 3 is 2.76 bits per heavy atom. The zero-order valence-electron chi connectivity index (χ0n) is 10.1. The number of hydrogen-bond acceptors (Lipinski definition) is 2. The van der Waals surface area contributed by atoms with E-state index < -0.39 is 0 Å². The average molecular weight is 270 g/mol. The first-order chi connectivity index (χ1) is 8.36. The molecule has 0 aliphatic heterocycles. The summed E-state index contributed by atoms with van der Waals surface area (Å²) in [6.45, 7) is 1.00. The minimum absolute atomic E-state index is 0.813. The van der Waals surface area contributed by atoms with Crippen molar-refractivity contribution in [1.82, 2.24) is 0 Å². The molecule has 0 spiro atoms. The molecule has 17 heavy (non-hydrogen) atoms. The number of anilines is 1. The Kier molecular flexibility index (Phi) is 5.53. The van der Waals surface area contributed by atoms with Crippen LogP contribution >= 0.6 is 23.4 Å². The van der Waals surface area contributed by atoms with Crippen molar-refractivity contribution >= 4 is 29.1 Å². The van der Waals surface area contributed by atoms with Crippen LogP contribution < -0.4 is 5.32 Å². The molecule has 3 heteroatoms. The second-order valence-electron chi connectivity index (χ2n) is 4.63. The van der Waals surface area contributed by atoms with Crippen LogP contribution in [-0.2, 0) is 0 Å². The van der Waals surface area contributed by atoms with Gasteiger partial charge in [0.1, 0.15) is 0 Å². The van der Waals surface area contributed by atoms with Crippen molar-refractivity contribution in [1.29, 1.82) is 0 Å². The van der Waals surface area contributed by atoms with Gasteiger partial charge < -0.3 is 5.32 Å². The van der Waals surface area contributed by atoms with Gasteiger partial charge >= 0.3 is 0 Å². The molecule has 1 aromatic rings. The van der Waals surface area contributed by atoms with Crippen LogP contribution in [0.15, 0.2) is 24.3 Å². The third kappa shape index (κ3) is 4.44. The van der Waals surface area contributed by atoms with Crippen molar-refractivity contribution in [2.75, 3.05) is 23.4 Å². The van der Waals surface area contributed by atoms with Crippen molar-refractivity contribution in [3.05, 3.63) is 29.3 Å². The van der Waals surface area contributed by atoms with Crippen LogP contribution in [0.3, 0.4) is 0 Å². The topological polar surface area (TPSA) is 12.0 Å². The van der Waals surface area contributed by atoms with Gasteiger partial charge in [-0.15, -0.1) is 0 Å². The number of rotatable bonds is 6. The normalized spacial score (nSPS) is 16.3. The predicted molar refractivity (Wildman–Crippen MR) is 79.2 cm³/mol. The number of benzene rings is 1. The molecule has 1 aliphatic carbocycles. The van der Waals surface area contributed by atoms with E-state index in [1.807, 2.05) is 24.3 Å². The molecule has 1 aromatic carbocycles. The molecule has 0 saturated heterocycles. The van der Waals surface area contributed by atoms with Crippen LogP contribution in [0.5, 0.6) is 0 Å². The van der Waals surface area contributed by atoms with Gasteiger partial charge in [0.05, 0.1) is 10.7 Å². The number of halogens is 1. The average Bonchev–Trinajstić information content (AvgIpc) is 2.84. The van der Waals surface area contributed by atoms with E-state index >= 15 is 0 Å². The van der Waals surface area contributed by atoms with E-state index in [0.717, 1.165) is 23.2 Å². The predicted octanol–water partition coefficient (Wildman–Crippen LogP) is 4.68. The van der Waals surface area contributed by atoms with Crippen LogP contribution in [0.2, 0.25) is 5.02 Å². The molecule has 1 N–H and O–H groups in total. The third-order valence-electron chi connectivity index (χ3n) is 3.26. The summed E-state index contributed by atoms with van der Waals surface area (Å²) in [6, 6.07) is 7.93. The van der Waals surface area contributed by atoms with E-state index in [-0.39, 0.29) is 0 Å². The van der Waals surface area contributed by atoms with E-state index in [0.29, 0.717) is 0 Å². The van der Waals surface area contributed by atoms with Gasteiger partial charge in [0.25, 0.3) is 0 Å². The summed E-state index contributed by atoms with van der Waals surface area (Å²) in [5.41, 5.74) is 1.05. The molecule has 94 valence electrons. The van der Waals surface area contributed by atoms with E-state index in [9.17, 15) is 0 Å². The highest BCUT2D eigenvalue weighted by Gasteiger charge is 2.14. The summed E-state index contributed by atoms with van der Waals surface area (Å²) < 4.78 is 0. The highest BCUT2D eigenvalue weighted by Crippen LogP contribution is 2.27. The van der Waals surface area contributed by atoms with Gasteiger partial charge in [-0.3, -0.25) is 0 Å². The number of nitrogens with one attached hydrogen (secondary N) is 1. The summed E-state index contributed by atoms with van der Waals surface area (Å²) in [5, 5.41) is 4.20. The van der Waals surface area contributed by atoms with Gasteiger partial charge in [-0.2, -0.15) is 11.8 Å². The number of hydrogen-bond donors (Lipinski definition) is 1. The highest BCUT2D eigenvalue weighted by molar-refractivity contribution is 7.99. The summed E-state index contributed by atoms with van der Waals surface area (Å²) in [7, 11) is 0. The lowest BCUT2D eigenvalue weighted by molar-refractivity contribution is 0.623. The molecule has 1 aliphatic rings. The first kappa shape index (κ1) is 13.1. The molecule has 0 aromatic heterocycles. The molecular formula is C14H20ClNS. The van der Waals surface area contributed by atoms with Crippen molar-refractivity contribution in [3.8, 4) is 0 Å². The molecule has 2 rings (SSSR count). The molecule has 0 heterocycles. The Hall–Kier alpha value is -0.340. The van der Waals surface area contributed by atoms with Gasteiger partial charge in [-0.1, -0.05) is 36.6 Å². The van der Waals surface area contributed by atoms with Crippen molar-refractivity contribution in [3.63, 3.8) is 0 Å². The van der Waals surface area contributed by atoms with Gasteiger partial charge in [0.15, 0.2) is 0 Å². The molecule has 0 bridgehead atoms. The van der Waals surface area contributed by atoms with Crippen LogP contribution in [0.25, 0.3) is 0 Å². The van der Waals surface area contributed by atoms with Crippen LogP contribution in [0.4, 0.5) is 5.69 Å². The lowest BCUT2D eigenvalue weighted by Crippen LogP contribution is -2.06. The van der Waals surface area contributed by atoms with Crippen molar-refractivity contribution in [2.24, 2.45) is 5.92 Å². The fourth-order valence-corrected chi connectivity index (χ4v) is 3.57. The monoisotopic (exact) mass is 269 g/mol. The van der Waals surface area contributed by atoms with Crippen LogP contribution in [0, 0.1) is 5.92 Å². The first-order valence-electron chi connectivity index (χ1n) is 6.42. The smallest absolute Gasteiger partial charge is 0.0637 e. The highest BCUT2D eigenvalue weighted by atomic mass is 35.5. The van der Waals surface area contributed by atoms with Gasteiger partial charge in [0, 0.05) is 12.3 Å². The number of para-hydroxylation sites is 1. The SMILES string of the molecule is Clc1ccccc1NCCSCC1CCCC1. The molecule has 0 radical (unpaired) electrons. The van der Waals surface area contributed by atoms with E-state index in [1.165, 1.54) is 37.2 Å². The molecule has 0 unspecified atom stereocenters. The molecule has 0 amide bonds. The van der Waals surface area contributed by atoms with Crippen molar-refractivity contribution in [2.45, 2.75) is 25.7 Å². The summed E-state index contributed by atoms with van der Waals surface area (Å²) in [4.78, 5) is 0. The maximum Gasteiger partial charge on any atom is 0.0637 e. The summed E-state index contributed by atoms with van der Waals surface area (Å²) >= 11 is 8.14. The van der Waals surface area contributed by atoms with Gasteiger partial charge in [0.2, 0.25) is 0 Å². The summed E-state index contributed by atoms with van der Waals surface area (Å²) in [5.74, 6) is 3.49. The quantitative estimate of drug-likeness (QED) is 0.753. The minimum atomic E-state index is 0.813. The van der Waals surface area contributed by atoms with E-state index in [4.69, 9.17) is 11.6 Å². The maximum atomic E-state index is 6.07. The fraction of sp³-hybridized carbons (Fsp3) is 0.571. The molecule has 1 saturated carbocycles. The van der Waals surface area contributed by atoms with Crippen LogP contribution in [-0.4, -0.2) is 18.1 Å². The third-order valence-corrected chi connectivity index (χ3v) is 4.79. The lowest BCUT2D eigenvalue weighted by Gasteiger charge is -2.10. The Morgan fingerprint density at radius 1 is 1.24 bits per heavy atom. The van der Waals surface area contributed by atoms with Crippen LogP contribution in [0.1, 0.15) is 25.7 Å². The lowest BCUT2D eigenvalue weighted by atomic mass is 10.1. The van der Waals surface area contributed by atoms with Gasteiger partial charge in [-0.25, -0.2) is 0 Å². The Morgan fingerprint density at radius 2 is 2.00 bits per heavy atom. The summed E-state index contributed by atoms with van der Waals surface area (Å²) in [6.07, 6.45) is 5.79. The minimum Gasteiger partial charge on any atom is -0.383 e. The second kappa shape index (κ2) is 7.17. The Balaban J connectivity index is 1.58. The Bertz CT molecular complexity index is 337. The zero-order chi connectivity index (χ0) is 11.9. The molecule has 1 nitrogen and oxygen atoms in total. The van der Waals surface area contributed by atoms with Crippen molar-refractivity contribution < 1.29 is 0 Å². The molecule has 0 atom stereocenters. The Labute approximate surface area is 113 Å². The van der Waals surface area contributed by atoms with Gasteiger partial charge in [-0.05, 0) is 36.6 Å². The maximum absolute atomic E-state index is 6.07. The molecule has 1 fully saturated rings. The van der Waals surface area contributed by atoms with E-state index in [2.05, 4.69) is 17.1 Å². The number of thioether (sulfide) groups is 1. The fourth-order valence-electron chi connectivity index (χ4n) is 2.29. The standard InChI is InChI=1S/C14H20ClNS/c15-13-7-3-4-8-14(13)16-9-10-17-11-12-5-1-2-6-12/h3-4,7-8,12,16H,1-2,5-6,9-11H2. The second-order valence-corrected chi connectivity index (χ2v) is 6.19. The molecular weight excluding hydrogens is 250 g/mol. The van der Waals surface area contributed by atoms with E-state index in [1.54, 1.807) is 0 Å².